The van der Waals surface area contributed by atoms with Crippen LogP contribution in [0, 0.1) is 0 Å². The molecular weight excluding hydrogens is 178 g/mol. The lowest BCUT2D eigenvalue weighted by Crippen LogP contribution is -2.03. The first-order valence-corrected chi connectivity index (χ1v) is 4.25. The molecule has 0 saturated carbocycles. The lowest BCUT2D eigenvalue weighted by atomic mass is 10.3. The minimum atomic E-state index is 0.565. The average molecular weight is 187 g/mol. The van der Waals surface area contributed by atoms with Gasteiger partial charge < -0.3 is 4.57 Å². The molecule has 0 fully saturated rings. The van der Waals surface area contributed by atoms with E-state index in [1.807, 2.05) is 18.2 Å². The quantitative estimate of drug-likeness (QED) is 0.677. The van der Waals surface area contributed by atoms with Crippen LogP contribution in [0.15, 0.2) is 36.9 Å². The predicted molar refractivity (Wildman–Crippen MR) is 51.0 cm³/mol. The molecule has 0 atom stereocenters. The fourth-order valence-corrected chi connectivity index (χ4v) is 1.23. The topological polar surface area (TPSA) is 47.8 Å². The summed E-state index contributed by atoms with van der Waals surface area (Å²) in [5.41, 5.74) is 1.48. The number of imidazole rings is 1. The van der Waals surface area contributed by atoms with E-state index in [-0.39, 0.29) is 0 Å². The maximum atomic E-state index is 10.6. The molecule has 0 aliphatic heterocycles. The lowest BCUT2D eigenvalue weighted by Gasteiger charge is -2.02. The van der Waals surface area contributed by atoms with E-state index in [0.717, 1.165) is 12.0 Å². The van der Waals surface area contributed by atoms with E-state index < -0.39 is 0 Å². The van der Waals surface area contributed by atoms with Crippen molar-refractivity contribution in [3.63, 3.8) is 0 Å². The van der Waals surface area contributed by atoms with E-state index in [1.165, 1.54) is 6.20 Å². The molecule has 0 unspecified atom stereocenters. The number of hydrogen-bond donors (Lipinski definition) is 0. The van der Waals surface area contributed by atoms with Gasteiger partial charge >= 0.3 is 0 Å². The predicted octanol–water partition coefficient (Wildman–Crippen LogP) is 1.14. The van der Waals surface area contributed by atoms with Gasteiger partial charge in [-0.1, -0.05) is 6.07 Å². The zero-order chi connectivity index (χ0) is 9.80. The Morgan fingerprint density at radius 3 is 3.07 bits per heavy atom. The first-order chi connectivity index (χ1) is 6.90. The van der Waals surface area contributed by atoms with Crippen molar-refractivity contribution in [1.82, 2.24) is 14.5 Å². The van der Waals surface area contributed by atoms with Crippen LogP contribution in [0.4, 0.5) is 0 Å². The van der Waals surface area contributed by atoms with Gasteiger partial charge in [-0.05, 0) is 12.1 Å². The Bertz CT molecular complexity index is 422. The van der Waals surface area contributed by atoms with Gasteiger partial charge in [-0.3, -0.25) is 9.78 Å². The molecule has 2 aromatic rings. The van der Waals surface area contributed by atoms with Crippen LogP contribution in [0.1, 0.15) is 16.2 Å². The van der Waals surface area contributed by atoms with Crippen molar-refractivity contribution in [2.45, 2.75) is 6.54 Å². The average Bonchev–Trinajstić information content (AvgIpc) is 2.67. The third kappa shape index (κ3) is 1.69. The summed E-state index contributed by atoms with van der Waals surface area (Å²) in [5.74, 6) is 0. The molecule has 70 valence electrons. The van der Waals surface area contributed by atoms with E-state index >= 15 is 0 Å². The highest BCUT2D eigenvalue weighted by Crippen LogP contribution is 2.01. The molecule has 14 heavy (non-hydrogen) atoms. The Labute approximate surface area is 81.2 Å². The van der Waals surface area contributed by atoms with Gasteiger partial charge in [0.05, 0.1) is 24.8 Å². The number of hydrogen-bond acceptors (Lipinski definition) is 3. The molecule has 0 radical (unpaired) electrons. The van der Waals surface area contributed by atoms with Crippen molar-refractivity contribution in [3.8, 4) is 0 Å². The molecule has 2 aromatic heterocycles. The summed E-state index contributed by atoms with van der Waals surface area (Å²) in [7, 11) is 0. The molecule has 0 spiro atoms. The van der Waals surface area contributed by atoms with Crippen LogP contribution in [-0.2, 0) is 6.54 Å². The summed E-state index contributed by atoms with van der Waals surface area (Å²) >= 11 is 0. The van der Waals surface area contributed by atoms with E-state index in [9.17, 15) is 4.79 Å². The molecule has 4 nitrogen and oxygen atoms in total. The van der Waals surface area contributed by atoms with Crippen molar-refractivity contribution < 1.29 is 4.79 Å². The van der Waals surface area contributed by atoms with Gasteiger partial charge in [-0.25, -0.2) is 4.98 Å². The van der Waals surface area contributed by atoms with E-state index in [2.05, 4.69) is 9.97 Å². The maximum Gasteiger partial charge on any atom is 0.168 e. The lowest BCUT2D eigenvalue weighted by molar-refractivity contribution is 0.111. The highest BCUT2D eigenvalue weighted by Gasteiger charge is 2.01. The van der Waals surface area contributed by atoms with Crippen LogP contribution in [0.3, 0.4) is 0 Å². The third-order valence-electron chi connectivity index (χ3n) is 1.92. The minimum absolute atomic E-state index is 0.565. The number of rotatable bonds is 3. The molecule has 4 heteroatoms. The summed E-state index contributed by atoms with van der Waals surface area (Å²) in [6, 6.07) is 5.69. The smallest absolute Gasteiger partial charge is 0.168 e. The summed E-state index contributed by atoms with van der Waals surface area (Å²) < 4.78 is 1.76. The van der Waals surface area contributed by atoms with Crippen LogP contribution in [0.5, 0.6) is 0 Å². The summed E-state index contributed by atoms with van der Waals surface area (Å²) in [4.78, 5) is 18.7. The fraction of sp³-hybridized carbons (Fsp3) is 0.100. The molecule has 0 aromatic carbocycles. The second kappa shape index (κ2) is 3.83. The van der Waals surface area contributed by atoms with Gasteiger partial charge in [-0.15, -0.1) is 0 Å². The zero-order valence-corrected chi connectivity index (χ0v) is 7.50. The van der Waals surface area contributed by atoms with Gasteiger partial charge in [0.1, 0.15) is 5.69 Å². The highest BCUT2D eigenvalue weighted by atomic mass is 16.1. The second-order valence-electron chi connectivity index (χ2n) is 2.89. The van der Waals surface area contributed by atoms with E-state index in [4.69, 9.17) is 0 Å². The van der Waals surface area contributed by atoms with Crippen molar-refractivity contribution in [2.75, 3.05) is 0 Å². The SMILES string of the molecule is O=Cc1cncn1Cc1ccccn1. The van der Waals surface area contributed by atoms with Crippen LogP contribution in [0.2, 0.25) is 0 Å². The van der Waals surface area contributed by atoms with Crippen molar-refractivity contribution in [3.05, 3.63) is 48.3 Å². The normalized spacial score (nSPS) is 10.0. The molecule has 2 rings (SSSR count). The van der Waals surface area contributed by atoms with Crippen LogP contribution < -0.4 is 0 Å². The molecule has 0 saturated heterocycles. The molecule has 2 heterocycles. The number of carbonyl (C=O) groups excluding carboxylic acids is 1. The summed E-state index contributed by atoms with van der Waals surface area (Å²) in [6.07, 6.45) is 5.68. The molecule has 0 aliphatic rings. The van der Waals surface area contributed by atoms with Crippen LogP contribution in [-0.4, -0.2) is 20.8 Å². The maximum absolute atomic E-state index is 10.6. The Morgan fingerprint density at radius 2 is 2.36 bits per heavy atom. The third-order valence-corrected chi connectivity index (χ3v) is 1.92. The monoisotopic (exact) mass is 187 g/mol. The number of aldehydes is 1. The Morgan fingerprint density at radius 1 is 1.43 bits per heavy atom. The van der Waals surface area contributed by atoms with Gasteiger partial charge in [-0.2, -0.15) is 0 Å². The number of pyridine rings is 1. The molecular formula is C10H9N3O. The molecule has 0 amide bonds. The first-order valence-electron chi connectivity index (χ1n) is 4.25. The van der Waals surface area contributed by atoms with Crippen molar-refractivity contribution in [2.24, 2.45) is 0 Å². The number of nitrogens with zero attached hydrogens (tertiary/aromatic N) is 3. The standard InChI is InChI=1S/C10H9N3O/c14-7-10-5-11-8-13(10)6-9-3-1-2-4-12-9/h1-5,7-8H,6H2. The van der Waals surface area contributed by atoms with E-state index in [1.54, 1.807) is 17.1 Å². The van der Waals surface area contributed by atoms with Gasteiger partial charge in [0, 0.05) is 6.20 Å². The van der Waals surface area contributed by atoms with Gasteiger partial charge in [0.2, 0.25) is 0 Å². The van der Waals surface area contributed by atoms with Crippen molar-refractivity contribution in [1.29, 1.82) is 0 Å². The van der Waals surface area contributed by atoms with Crippen LogP contribution in [0.25, 0.3) is 0 Å². The minimum Gasteiger partial charge on any atom is -0.322 e. The molecule has 0 aliphatic carbocycles. The Balaban J connectivity index is 2.23. The van der Waals surface area contributed by atoms with E-state index in [0.29, 0.717) is 12.2 Å². The highest BCUT2D eigenvalue weighted by molar-refractivity contribution is 5.71. The fourth-order valence-electron chi connectivity index (χ4n) is 1.23. The van der Waals surface area contributed by atoms with Gasteiger partial charge in [0.15, 0.2) is 6.29 Å². The number of carbonyl (C=O) groups is 1. The largest absolute Gasteiger partial charge is 0.322 e. The molecule has 0 bridgehead atoms. The molecule has 0 N–H and O–H groups in total. The van der Waals surface area contributed by atoms with Gasteiger partial charge in [0.25, 0.3) is 0 Å². The summed E-state index contributed by atoms with van der Waals surface area (Å²) in [5, 5.41) is 0. The zero-order valence-electron chi connectivity index (χ0n) is 7.50. The number of aromatic nitrogens is 3. The Hall–Kier alpha value is -1.97. The van der Waals surface area contributed by atoms with Crippen molar-refractivity contribution >= 4 is 6.29 Å². The Kier molecular flexibility index (Phi) is 2.36. The second-order valence-corrected chi connectivity index (χ2v) is 2.89. The first kappa shape index (κ1) is 8.62. The van der Waals surface area contributed by atoms with Crippen LogP contribution >= 0.6 is 0 Å². The summed E-state index contributed by atoms with van der Waals surface area (Å²) in [6.45, 7) is 0.578.